The molecule has 2 aromatic carbocycles. The predicted octanol–water partition coefficient (Wildman–Crippen LogP) is 6.97. The maximum Gasteiger partial charge on any atom is 0.311 e. The van der Waals surface area contributed by atoms with E-state index in [0.717, 1.165) is 72.7 Å². The van der Waals surface area contributed by atoms with E-state index >= 15 is 0 Å². The van der Waals surface area contributed by atoms with E-state index in [1.807, 2.05) is 124 Å². The topological polar surface area (TPSA) is 235 Å². The van der Waals surface area contributed by atoms with Crippen molar-refractivity contribution >= 4 is 34.7 Å². The van der Waals surface area contributed by atoms with Crippen LogP contribution in [0.5, 0.6) is 5.75 Å². The summed E-state index contributed by atoms with van der Waals surface area (Å²) in [6.07, 6.45) is 16.7. The lowest BCUT2D eigenvalue weighted by atomic mass is 9.91. The Morgan fingerprint density at radius 3 is 1.71 bits per heavy atom. The number of aromatic hydroxyl groups is 1. The largest absolute Gasteiger partial charge is 1.00 e. The summed E-state index contributed by atoms with van der Waals surface area (Å²) in [7, 11) is 6.49. The van der Waals surface area contributed by atoms with Crippen LogP contribution in [0.2, 0.25) is 0 Å². The average molecular weight is 1090 g/mol. The number of primary amides is 1. The molecule has 0 aliphatic carbocycles. The number of esters is 1. The molecule has 3 aromatic heterocycles. The fourth-order valence-corrected chi connectivity index (χ4v) is 6.00. The van der Waals surface area contributed by atoms with Crippen LogP contribution in [0.25, 0.3) is 16.7 Å². The molecule has 434 valence electrons. The molecule has 18 heteroatoms. The molecule has 0 aliphatic rings. The number of quaternary nitrogens is 1. The van der Waals surface area contributed by atoms with Gasteiger partial charge in [0.1, 0.15) is 22.5 Å². The summed E-state index contributed by atoms with van der Waals surface area (Å²) in [6, 6.07) is 17.5. The highest BCUT2D eigenvalue weighted by Gasteiger charge is 2.27. The second-order valence-corrected chi connectivity index (χ2v) is 20.9. The summed E-state index contributed by atoms with van der Waals surface area (Å²) in [4.78, 5) is 53.9. The quantitative estimate of drug-likeness (QED) is 0.0270. The fraction of sp³-hybridized carbons (Fsp3) is 0.593. The number of ether oxygens (including phenoxy) is 1. The van der Waals surface area contributed by atoms with Gasteiger partial charge < -0.3 is 53.4 Å². The maximum atomic E-state index is 12.0. The Bertz CT molecular complexity index is 2310. The van der Waals surface area contributed by atoms with Crippen molar-refractivity contribution in [1.82, 2.24) is 40.2 Å². The summed E-state index contributed by atoms with van der Waals surface area (Å²) in [5.74, 6) is 0.968. The number of phenols is 1. The standard InChI is InChI=1S/C20H23N3O3.C11H24N2O.C9H13N.C7H16N2O.C7H12N2.C5H11NO.ClH/c1-4-20(2,3)19(25)26-12-11-14-9-10-18(24)17(13-14)23-21-15-7-5-6-8-16(15)22-23;1-6-10(2)11(14)12-8-7-9-13(3,4)5;1-3-8(2)9-4-6-10-7-5-9;1-3-6(2)7(10)9-5-4-8;1-3-7(2)9-5-4-8-6-9;1-3-4(2)5(6)7;/h5-10,13,24H,4,11-12H2,1-3H3;10H,6-9H2,1-5H3;4-8H,3H2,1-2H3;6H,3-5,8H2,1-2H3,(H,9,10);4-7H,3H2,1-2H3;4H,3H2,1-2H3,(H2,6,7);1H. The Morgan fingerprint density at radius 1 is 0.740 bits per heavy atom. The molecule has 5 rings (SSSR count). The first-order valence-electron chi connectivity index (χ1n) is 27.4. The minimum absolute atomic E-state index is 0. The van der Waals surface area contributed by atoms with Gasteiger partial charge in [0.2, 0.25) is 17.7 Å². The van der Waals surface area contributed by atoms with Gasteiger partial charge in [0.15, 0.2) is 0 Å². The van der Waals surface area contributed by atoms with Gasteiger partial charge in [-0.3, -0.25) is 24.2 Å². The molecule has 5 atom stereocenters. The van der Waals surface area contributed by atoms with Gasteiger partial charge in [-0.2, -0.15) is 0 Å². The Kier molecular flexibility index (Phi) is 38.3. The number of fused-ring (bicyclic) bond motifs is 1. The Labute approximate surface area is 469 Å². The molecule has 0 spiro atoms. The summed E-state index contributed by atoms with van der Waals surface area (Å²) >= 11 is 0. The van der Waals surface area contributed by atoms with Crippen LogP contribution in [0.15, 0.2) is 85.7 Å². The molecule has 0 saturated carbocycles. The first-order chi connectivity index (χ1) is 35.9. The van der Waals surface area contributed by atoms with Crippen molar-refractivity contribution in [2.75, 3.05) is 53.9 Å². The number of carbonyl (C=O) groups excluding carboxylic acids is 4. The molecule has 0 aliphatic heterocycles. The molecule has 0 radical (unpaired) electrons. The number of hydrogen-bond acceptors (Lipinski definition) is 11. The molecule has 17 nitrogen and oxygen atoms in total. The molecule has 5 aromatic rings. The van der Waals surface area contributed by atoms with Crippen LogP contribution in [0.3, 0.4) is 0 Å². The molecule has 3 heterocycles. The second kappa shape index (κ2) is 40.3. The highest BCUT2D eigenvalue weighted by Crippen LogP contribution is 2.25. The molecule has 0 fully saturated rings. The lowest BCUT2D eigenvalue weighted by Crippen LogP contribution is -3.00. The summed E-state index contributed by atoms with van der Waals surface area (Å²) < 4.78 is 8.45. The Hall–Kier alpha value is -5.91. The Balaban J connectivity index is 0. The normalized spacial score (nSPS) is 12.6. The van der Waals surface area contributed by atoms with Crippen molar-refractivity contribution in [1.29, 1.82) is 0 Å². The highest BCUT2D eigenvalue weighted by atomic mass is 35.5. The van der Waals surface area contributed by atoms with Gasteiger partial charge in [-0.15, -0.1) is 15.0 Å². The van der Waals surface area contributed by atoms with Crippen molar-refractivity contribution in [2.24, 2.45) is 34.6 Å². The summed E-state index contributed by atoms with van der Waals surface area (Å²) in [6.45, 7) is 29.5. The number of nitrogens with one attached hydrogen (secondary N) is 2. The molecular formula is C59H100ClN11O6. The number of phenolic OH excluding ortho intramolecular Hbond substituents is 1. The van der Waals surface area contributed by atoms with Crippen molar-refractivity contribution in [2.45, 2.75) is 153 Å². The van der Waals surface area contributed by atoms with E-state index in [-0.39, 0.29) is 59.6 Å². The summed E-state index contributed by atoms with van der Waals surface area (Å²) in [5.41, 5.74) is 14.0. The van der Waals surface area contributed by atoms with Crippen LogP contribution in [0, 0.1) is 23.2 Å². The fourth-order valence-electron chi connectivity index (χ4n) is 6.00. The van der Waals surface area contributed by atoms with Gasteiger partial charge in [-0.05, 0) is 113 Å². The van der Waals surface area contributed by atoms with Gasteiger partial charge in [0.05, 0.1) is 46.0 Å². The first kappa shape index (κ1) is 73.2. The van der Waals surface area contributed by atoms with Gasteiger partial charge >= 0.3 is 5.97 Å². The zero-order valence-electron chi connectivity index (χ0n) is 49.8. The molecular weight excluding hydrogens is 994 g/mol. The van der Waals surface area contributed by atoms with Crippen LogP contribution in [0.1, 0.15) is 158 Å². The zero-order chi connectivity index (χ0) is 57.9. The number of halogens is 1. The third-order valence-corrected chi connectivity index (χ3v) is 13.1. The van der Waals surface area contributed by atoms with E-state index in [2.05, 4.69) is 96.3 Å². The van der Waals surface area contributed by atoms with Crippen LogP contribution in [0.4, 0.5) is 0 Å². The minimum Gasteiger partial charge on any atom is -1.00 e. The molecule has 0 bridgehead atoms. The number of imidazole rings is 1. The SMILES string of the molecule is CCC(C)(C)C(=O)OCCc1ccc(O)c(-n2nc3ccccc3n2)c1.CCC(C)C(=O)NCCC[N+](C)(C)C.CCC(C)C(=O)NCCN.CCC(C)C(N)=O.CCC(C)c1ccncc1.CCC(C)n1ccnc1.[Cl-]. The monoisotopic (exact) mass is 1090 g/mol. The number of nitrogens with two attached hydrogens (primary N) is 2. The number of aromatic nitrogens is 6. The predicted molar refractivity (Wildman–Crippen MR) is 310 cm³/mol. The number of rotatable bonds is 22. The molecule has 5 unspecified atom stereocenters. The zero-order valence-corrected chi connectivity index (χ0v) is 50.6. The number of carbonyl (C=O) groups is 4. The lowest BCUT2D eigenvalue weighted by molar-refractivity contribution is -0.870. The van der Waals surface area contributed by atoms with Gasteiger partial charge in [0.25, 0.3) is 0 Å². The van der Waals surface area contributed by atoms with Crippen molar-refractivity contribution < 1.29 is 45.9 Å². The van der Waals surface area contributed by atoms with Crippen molar-refractivity contribution in [3.63, 3.8) is 0 Å². The Morgan fingerprint density at radius 2 is 1.29 bits per heavy atom. The van der Waals surface area contributed by atoms with E-state index in [0.29, 0.717) is 43.8 Å². The molecule has 0 saturated heterocycles. The van der Waals surface area contributed by atoms with E-state index in [1.54, 1.807) is 12.1 Å². The van der Waals surface area contributed by atoms with Gasteiger partial charge in [-0.25, -0.2) is 4.98 Å². The number of hydrogen-bond donors (Lipinski definition) is 5. The van der Waals surface area contributed by atoms with Crippen LogP contribution >= 0.6 is 0 Å². The summed E-state index contributed by atoms with van der Waals surface area (Å²) in [5, 5.41) is 24.6. The lowest BCUT2D eigenvalue weighted by Gasteiger charge is -2.23. The smallest absolute Gasteiger partial charge is 0.311 e. The average Bonchev–Trinajstić information content (AvgIpc) is 4.13. The third kappa shape index (κ3) is 31.2. The molecule has 3 amide bonds. The molecule has 77 heavy (non-hydrogen) atoms. The van der Waals surface area contributed by atoms with Gasteiger partial charge in [0, 0.05) is 81.1 Å². The minimum atomic E-state index is -0.473. The van der Waals surface area contributed by atoms with E-state index in [1.165, 1.54) is 16.8 Å². The van der Waals surface area contributed by atoms with Crippen LogP contribution in [-0.4, -0.2) is 117 Å². The highest BCUT2D eigenvalue weighted by molar-refractivity contribution is 5.78. The van der Waals surface area contributed by atoms with E-state index < -0.39 is 5.41 Å². The second-order valence-electron chi connectivity index (χ2n) is 20.9. The van der Waals surface area contributed by atoms with E-state index in [4.69, 9.17) is 16.2 Å². The number of pyridine rings is 1. The van der Waals surface area contributed by atoms with E-state index in [9.17, 15) is 24.3 Å². The number of amides is 3. The third-order valence-electron chi connectivity index (χ3n) is 13.1. The first-order valence-corrected chi connectivity index (χ1v) is 27.4. The number of nitrogens with zero attached hydrogens (tertiary/aromatic N) is 7. The number of benzene rings is 2. The maximum absolute atomic E-state index is 12.0. The van der Waals surface area contributed by atoms with Crippen LogP contribution in [-0.2, 0) is 30.3 Å². The van der Waals surface area contributed by atoms with Crippen LogP contribution < -0.4 is 34.5 Å². The van der Waals surface area contributed by atoms with Crippen molar-refractivity contribution in [3.8, 4) is 11.4 Å². The van der Waals surface area contributed by atoms with Gasteiger partial charge in [-0.1, -0.05) is 87.4 Å². The molecule has 7 N–H and O–H groups in total. The van der Waals surface area contributed by atoms with Crippen molar-refractivity contribution in [3.05, 3.63) is 96.8 Å².